The Kier molecular flexibility index (Phi) is 4.59. The van der Waals surface area contributed by atoms with Crippen LogP contribution in [0, 0.1) is 6.92 Å². The molecule has 0 spiro atoms. The zero-order valence-electron chi connectivity index (χ0n) is 12.1. The number of para-hydroxylation sites is 1. The van der Waals surface area contributed by atoms with Crippen LogP contribution in [0.4, 0.5) is 5.69 Å². The van der Waals surface area contributed by atoms with E-state index in [4.69, 9.17) is 4.52 Å². The molecule has 0 saturated heterocycles. The normalized spacial score (nSPS) is 11.8. The van der Waals surface area contributed by atoms with Crippen molar-refractivity contribution in [3.05, 3.63) is 36.0 Å². The molecule has 21 heavy (non-hydrogen) atoms. The van der Waals surface area contributed by atoms with Gasteiger partial charge in [0.2, 0.25) is 15.9 Å². The van der Waals surface area contributed by atoms with Crippen molar-refractivity contribution >= 4 is 15.7 Å². The summed E-state index contributed by atoms with van der Waals surface area (Å²) in [6.45, 7) is 5.53. The molecular weight excluding hydrogens is 292 g/mol. The van der Waals surface area contributed by atoms with Gasteiger partial charge in [-0.25, -0.2) is 13.1 Å². The van der Waals surface area contributed by atoms with Crippen molar-refractivity contribution in [2.75, 3.05) is 5.32 Å². The Morgan fingerprint density at radius 1 is 1.29 bits per heavy atom. The number of nitrogens with zero attached hydrogens (tertiary/aromatic N) is 2. The quantitative estimate of drug-likeness (QED) is 0.842. The SMILES string of the molecule is Cc1nc(CNc2ccccc2S(=O)(=O)NC(C)C)no1. The number of hydrogen-bond acceptors (Lipinski definition) is 6. The zero-order chi connectivity index (χ0) is 15.5. The Labute approximate surface area is 123 Å². The molecule has 1 heterocycles. The number of benzene rings is 1. The fourth-order valence-corrected chi connectivity index (χ4v) is 3.24. The number of nitrogens with one attached hydrogen (secondary N) is 2. The van der Waals surface area contributed by atoms with Crippen molar-refractivity contribution < 1.29 is 12.9 Å². The monoisotopic (exact) mass is 310 g/mol. The van der Waals surface area contributed by atoms with Crippen LogP contribution in [0.2, 0.25) is 0 Å². The van der Waals surface area contributed by atoms with Gasteiger partial charge in [-0.3, -0.25) is 0 Å². The topological polar surface area (TPSA) is 97.1 Å². The number of anilines is 1. The lowest BCUT2D eigenvalue weighted by Gasteiger charge is -2.14. The van der Waals surface area contributed by atoms with Crippen molar-refractivity contribution in [3.63, 3.8) is 0 Å². The first kappa shape index (κ1) is 15.5. The maximum Gasteiger partial charge on any atom is 0.242 e. The summed E-state index contributed by atoms with van der Waals surface area (Å²) >= 11 is 0. The Bertz CT molecular complexity index is 710. The van der Waals surface area contributed by atoms with Crippen LogP contribution in [-0.4, -0.2) is 24.6 Å². The van der Waals surface area contributed by atoms with E-state index in [9.17, 15) is 8.42 Å². The average molecular weight is 310 g/mol. The van der Waals surface area contributed by atoms with E-state index in [1.54, 1.807) is 45.0 Å². The van der Waals surface area contributed by atoms with Crippen molar-refractivity contribution in [2.45, 2.75) is 38.3 Å². The highest BCUT2D eigenvalue weighted by atomic mass is 32.2. The van der Waals surface area contributed by atoms with E-state index in [0.717, 1.165) is 0 Å². The largest absolute Gasteiger partial charge is 0.377 e. The minimum absolute atomic E-state index is 0.178. The molecule has 8 heteroatoms. The van der Waals surface area contributed by atoms with E-state index in [1.807, 2.05) is 0 Å². The molecule has 1 aromatic carbocycles. The molecular formula is C13H18N4O3S. The predicted octanol–water partition coefficient (Wildman–Crippen LogP) is 1.68. The molecule has 2 rings (SSSR count). The standard InChI is InChI=1S/C13H18N4O3S/c1-9(2)17-21(18,19)12-7-5-4-6-11(12)14-8-13-15-10(3)20-16-13/h4-7,9,14,17H,8H2,1-3H3. The van der Waals surface area contributed by atoms with Crippen LogP contribution >= 0.6 is 0 Å². The third-order valence-electron chi connectivity index (χ3n) is 2.57. The summed E-state index contributed by atoms with van der Waals surface area (Å²) in [6, 6.07) is 6.51. The van der Waals surface area contributed by atoms with E-state index < -0.39 is 10.0 Å². The Morgan fingerprint density at radius 2 is 2.00 bits per heavy atom. The summed E-state index contributed by atoms with van der Waals surface area (Å²) in [6.07, 6.45) is 0. The molecule has 0 atom stereocenters. The van der Waals surface area contributed by atoms with E-state index in [-0.39, 0.29) is 17.5 Å². The summed E-state index contributed by atoms with van der Waals surface area (Å²) in [5, 5.41) is 6.78. The summed E-state index contributed by atoms with van der Waals surface area (Å²) in [5.41, 5.74) is 0.494. The fourth-order valence-electron chi connectivity index (χ4n) is 1.81. The van der Waals surface area contributed by atoms with Crippen molar-refractivity contribution in [1.29, 1.82) is 0 Å². The van der Waals surface area contributed by atoms with Crippen LogP contribution in [0.5, 0.6) is 0 Å². The Hall–Kier alpha value is -1.93. The zero-order valence-corrected chi connectivity index (χ0v) is 12.9. The van der Waals surface area contributed by atoms with E-state index in [2.05, 4.69) is 20.2 Å². The van der Waals surface area contributed by atoms with E-state index in [1.165, 1.54) is 0 Å². The molecule has 0 amide bonds. The van der Waals surface area contributed by atoms with Gasteiger partial charge in [0.15, 0.2) is 5.82 Å². The van der Waals surface area contributed by atoms with Crippen molar-refractivity contribution in [3.8, 4) is 0 Å². The lowest BCUT2D eigenvalue weighted by Crippen LogP contribution is -2.30. The van der Waals surface area contributed by atoms with Gasteiger partial charge in [0.1, 0.15) is 4.90 Å². The van der Waals surface area contributed by atoms with Gasteiger partial charge in [0.25, 0.3) is 0 Å². The Balaban J connectivity index is 2.21. The second-order valence-electron chi connectivity index (χ2n) is 4.86. The first-order valence-corrected chi connectivity index (χ1v) is 8.01. The summed E-state index contributed by atoms with van der Waals surface area (Å²) in [5.74, 6) is 0.936. The molecule has 0 bridgehead atoms. The maximum absolute atomic E-state index is 12.3. The second kappa shape index (κ2) is 6.23. The Morgan fingerprint density at radius 3 is 2.62 bits per heavy atom. The average Bonchev–Trinajstić information content (AvgIpc) is 2.81. The third kappa shape index (κ3) is 4.02. The third-order valence-corrected chi connectivity index (χ3v) is 4.29. The van der Waals surface area contributed by atoms with Gasteiger partial charge in [0.05, 0.1) is 12.2 Å². The molecule has 1 aromatic heterocycles. The highest BCUT2D eigenvalue weighted by Gasteiger charge is 2.19. The van der Waals surface area contributed by atoms with Crippen LogP contribution in [0.3, 0.4) is 0 Å². The minimum Gasteiger partial charge on any atom is -0.377 e. The summed E-state index contributed by atoms with van der Waals surface area (Å²) in [4.78, 5) is 4.25. The number of aromatic nitrogens is 2. The molecule has 2 aromatic rings. The van der Waals surface area contributed by atoms with Crippen LogP contribution < -0.4 is 10.0 Å². The molecule has 0 fully saturated rings. The van der Waals surface area contributed by atoms with Crippen LogP contribution in [0.1, 0.15) is 25.6 Å². The highest BCUT2D eigenvalue weighted by molar-refractivity contribution is 7.89. The fraction of sp³-hybridized carbons (Fsp3) is 0.385. The first-order chi connectivity index (χ1) is 9.88. The number of hydrogen-bond donors (Lipinski definition) is 2. The van der Waals surface area contributed by atoms with Gasteiger partial charge < -0.3 is 9.84 Å². The lowest BCUT2D eigenvalue weighted by atomic mass is 10.3. The molecule has 0 aliphatic heterocycles. The van der Waals surface area contributed by atoms with Gasteiger partial charge >= 0.3 is 0 Å². The lowest BCUT2D eigenvalue weighted by molar-refractivity contribution is 0.388. The van der Waals surface area contributed by atoms with Crippen LogP contribution in [0.15, 0.2) is 33.7 Å². The second-order valence-corrected chi connectivity index (χ2v) is 6.54. The molecule has 0 unspecified atom stereocenters. The van der Waals surface area contributed by atoms with Gasteiger partial charge in [-0.2, -0.15) is 4.98 Å². The molecule has 114 valence electrons. The van der Waals surface area contributed by atoms with E-state index >= 15 is 0 Å². The van der Waals surface area contributed by atoms with E-state index in [0.29, 0.717) is 17.4 Å². The minimum atomic E-state index is -3.57. The molecule has 0 radical (unpaired) electrons. The van der Waals surface area contributed by atoms with Crippen LogP contribution in [-0.2, 0) is 16.6 Å². The van der Waals surface area contributed by atoms with Gasteiger partial charge in [-0.1, -0.05) is 17.3 Å². The van der Waals surface area contributed by atoms with Crippen molar-refractivity contribution in [2.24, 2.45) is 0 Å². The van der Waals surface area contributed by atoms with Gasteiger partial charge in [0, 0.05) is 13.0 Å². The molecule has 0 saturated carbocycles. The van der Waals surface area contributed by atoms with Crippen molar-refractivity contribution in [1.82, 2.24) is 14.9 Å². The van der Waals surface area contributed by atoms with Gasteiger partial charge in [-0.05, 0) is 26.0 Å². The first-order valence-electron chi connectivity index (χ1n) is 6.53. The number of sulfonamides is 1. The summed E-state index contributed by atoms with van der Waals surface area (Å²) in [7, 11) is -3.57. The molecule has 0 aliphatic rings. The smallest absolute Gasteiger partial charge is 0.242 e. The predicted molar refractivity (Wildman–Crippen MR) is 78.3 cm³/mol. The molecule has 0 aliphatic carbocycles. The number of rotatable bonds is 6. The molecule has 7 nitrogen and oxygen atoms in total. The van der Waals surface area contributed by atoms with Gasteiger partial charge in [-0.15, -0.1) is 0 Å². The maximum atomic E-state index is 12.3. The highest BCUT2D eigenvalue weighted by Crippen LogP contribution is 2.21. The summed E-state index contributed by atoms with van der Waals surface area (Å²) < 4.78 is 32.0. The van der Waals surface area contributed by atoms with Crippen LogP contribution in [0.25, 0.3) is 0 Å². The number of aryl methyl sites for hydroxylation is 1. The molecule has 2 N–H and O–H groups in total.